The van der Waals surface area contributed by atoms with Crippen LogP contribution in [-0.4, -0.2) is 17.8 Å². The van der Waals surface area contributed by atoms with Gasteiger partial charge in [0.25, 0.3) is 0 Å². The van der Waals surface area contributed by atoms with Crippen LogP contribution in [0.15, 0.2) is 29.8 Å². The van der Waals surface area contributed by atoms with Gasteiger partial charge in [0.15, 0.2) is 0 Å². The second-order valence-corrected chi connectivity index (χ2v) is 5.70. The molecule has 18 heavy (non-hydrogen) atoms. The Hall–Kier alpha value is -0.850. The number of aryl methyl sites for hydroxylation is 1. The van der Waals surface area contributed by atoms with E-state index in [1.165, 1.54) is 29.3 Å². The van der Waals surface area contributed by atoms with Gasteiger partial charge >= 0.3 is 0 Å². The average molecular weight is 266 g/mol. The first kappa shape index (κ1) is 15.2. The van der Waals surface area contributed by atoms with Gasteiger partial charge < -0.3 is 9.84 Å². The maximum Gasteiger partial charge on any atom is 0.123 e. The lowest BCUT2D eigenvalue weighted by molar-refractivity contribution is 0.160. The summed E-state index contributed by atoms with van der Waals surface area (Å²) in [4.78, 5) is 0. The van der Waals surface area contributed by atoms with E-state index < -0.39 is 0 Å². The molecule has 1 saturated carbocycles. The van der Waals surface area contributed by atoms with Crippen LogP contribution in [0.2, 0.25) is 0 Å². The molecular weight excluding hydrogens is 243 g/mol. The van der Waals surface area contributed by atoms with Crippen LogP contribution < -0.4 is 10.0 Å². The zero-order valence-electron chi connectivity index (χ0n) is 11.7. The summed E-state index contributed by atoms with van der Waals surface area (Å²) in [7, 11) is 3.71. The van der Waals surface area contributed by atoms with Crippen molar-refractivity contribution in [1.29, 1.82) is 0 Å². The number of ether oxygens (including phenoxy) is 1. The van der Waals surface area contributed by atoms with Crippen molar-refractivity contribution in [2.24, 2.45) is 0 Å². The number of allylic oxidation sites excluding steroid dienone is 1. The molecule has 1 aliphatic rings. The first-order valence-corrected chi connectivity index (χ1v) is 6.74. The molecule has 0 aliphatic heterocycles. The quantitative estimate of drug-likeness (QED) is 0.673. The topological polar surface area (TPSA) is 29.5 Å². The number of rotatable bonds is 3. The van der Waals surface area contributed by atoms with Crippen molar-refractivity contribution in [3.63, 3.8) is 0 Å². The predicted molar refractivity (Wildman–Crippen MR) is 80.7 cm³/mol. The molecule has 0 amide bonds. The molecule has 100 valence electrons. The molecule has 1 aromatic rings. The van der Waals surface area contributed by atoms with Crippen molar-refractivity contribution < 1.29 is 9.84 Å². The minimum atomic E-state index is -0.195. The SMILES string of the molecule is CO.Cc1cc(P)ccc1OC(C)(C)C=C1CC1. The highest BCUT2D eigenvalue weighted by molar-refractivity contribution is 7.27. The van der Waals surface area contributed by atoms with E-state index in [0.29, 0.717) is 0 Å². The van der Waals surface area contributed by atoms with E-state index in [1.807, 2.05) is 6.07 Å². The molecule has 1 aliphatic carbocycles. The third kappa shape index (κ3) is 4.80. The summed E-state index contributed by atoms with van der Waals surface area (Å²) < 4.78 is 6.05. The van der Waals surface area contributed by atoms with Crippen molar-refractivity contribution >= 4 is 14.5 Å². The maximum atomic E-state index is 7.00. The first-order chi connectivity index (χ1) is 8.46. The largest absolute Gasteiger partial charge is 0.484 e. The second-order valence-electron chi connectivity index (χ2n) is 5.03. The third-order valence-electron chi connectivity index (χ3n) is 2.66. The van der Waals surface area contributed by atoms with E-state index in [4.69, 9.17) is 9.84 Å². The van der Waals surface area contributed by atoms with E-state index in [1.54, 1.807) is 0 Å². The normalized spacial score (nSPS) is 13.6. The molecule has 1 fully saturated rings. The monoisotopic (exact) mass is 266 g/mol. The van der Waals surface area contributed by atoms with Crippen LogP contribution in [-0.2, 0) is 0 Å². The minimum absolute atomic E-state index is 0.195. The van der Waals surface area contributed by atoms with E-state index >= 15 is 0 Å². The van der Waals surface area contributed by atoms with Gasteiger partial charge in [-0.2, -0.15) is 0 Å². The summed E-state index contributed by atoms with van der Waals surface area (Å²) in [5.41, 5.74) is 2.51. The summed E-state index contributed by atoms with van der Waals surface area (Å²) >= 11 is 0. The first-order valence-electron chi connectivity index (χ1n) is 6.17. The summed E-state index contributed by atoms with van der Waals surface area (Å²) in [5, 5.41) is 8.20. The van der Waals surface area contributed by atoms with Crippen LogP contribution in [0.4, 0.5) is 0 Å². The molecule has 1 aromatic carbocycles. The third-order valence-corrected chi connectivity index (χ3v) is 3.02. The van der Waals surface area contributed by atoms with Gasteiger partial charge in [-0.25, -0.2) is 0 Å². The van der Waals surface area contributed by atoms with Gasteiger partial charge in [0.05, 0.1) is 0 Å². The van der Waals surface area contributed by atoms with Crippen LogP contribution >= 0.6 is 9.24 Å². The fourth-order valence-electron chi connectivity index (χ4n) is 1.81. The maximum absolute atomic E-state index is 7.00. The molecule has 2 rings (SSSR count). The van der Waals surface area contributed by atoms with Crippen LogP contribution in [0.3, 0.4) is 0 Å². The summed E-state index contributed by atoms with van der Waals surface area (Å²) in [6.07, 6.45) is 4.74. The van der Waals surface area contributed by atoms with E-state index in [0.717, 1.165) is 12.9 Å². The number of hydrogen-bond acceptors (Lipinski definition) is 2. The highest BCUT2D eigenvalue weighted by atomic mass is 31.0. The number of aliphatic hydroxyl groups is 1. The number of aliphatic hydroxyl groups excluding tert-OH is 1. The predicted octanol–water partition coefficient (Wildman–Crippen LogP) is 2.98. The Morgan fingerprint density at radius 2 is 1.89 bits per heavy atom. The number of hydrogen-bond donors (Lipinski definition) is 1. The Balaban J connectivity index is 0.000000771. The van der Waals surface area contributed by atoms with Gasteiger partial charge in [-0.3, -0.25) is 0 Å². The van der Waals surface area contributed by atoms with Gasteiger partial charge in [-0.15, -0.1) is 9.24 Å². The lowest BCUT2D eigenvalue weighted by atomic mass is 10.1. The molecular formula is C15H23O2P. The van der Waals surface area contributed by atoms with Gasteiger partial charge in [-0.1, -0.05) is 11.6 Å². The Bertz CT molecular complexity index is 430. The van der Waals surface area contributed by atoms with Crippen LogP contribution in [0.1, 0.15) is 32.3 Å². The molecule has 2 nitrogen and oxygen atoms in total. The molecule has 1 N–H and O–H groups in total. The number of benzene rings is 1. The molecule has 0 saturated heterocycles. The average Bonchev–Trinajstić information content (AvgIpc) is 3.08. The Kier molecular flexibility index (Phi) is 5.37. The molecule has 1 unspecified atom stereocenters. The van der Waals surface area contributed by atoms with Crippen molar-refractivity contribution in [1.82, 2.24) is 0 Å². The standard InChI is InChI=1S/C14H19OP.CH4O/c1-10-8-12(16)6-7-13(10)15-14(2,3)9-11-4-5-11;1-2/h6-9H,4-5,16H2,1-3H3;2H,1H3. The lowest BCUT2D eigenvalue weighted by Crippen LogP contribution is -2.25. The second kappa shape index (κ2) is 6.36. The Morgan fingerprint density at radius 3 is 2.39 bits per heavy atom. The summed E-state index contributed by atoms with van der Waals surface area (Å²) in [6.45, 7) is 6.32. The van der Waals surface area contributed by atoms with Crippen molar-refractivity contribution in [2.75, 3.05) is 7.11 Å². The smallest absolute Gasteiger partial charge is 0.123 e. The highest BCUT2D eigenvalue weighted by Gasteiger charge is 2.22. The zero-order valence-corrected chi connectivity index (χ0v) is 12.8. The van der Waals surface area contributed by atoms with Gasteiger partial charge in [0, 0.05) is 7.11 Å². The fraction of sp³-hybridized carbons (Fsp3) is 0.467. The van der Waals surface area contributed by atoms with Crippen molar-refractivity contribution in [2.45, 2.75) is 39.2 Å². The van der Waals surface area contributed by atoms with Crippen molar-refractivity contribution in [3.8, 4) is 5.75 Å². The van der Waals surface area contributed by atoms with E-state index in [2.05, 4.69) is 48.2 Å². The highest BCUT2D eigenvalue weighted by Crippen LogP contribution is 2.32. The lowest BCUT2D eigenvalue weighted by Gasteiger charge is -2.24. The van der Waals surface area contributed by atoms with Crippen LogP contribution in [0.25, 0.3) is 0 Å². The molecule has 0 heterocycles. The van der Waals surface area contributed by atoms with Gasteiger partial charge in [0.2, 0.25) is 0 Å². The van der Waals surface area contributed by atoms with Crippen molar-refractivity contribution in [3.05, 3.63) is 35.4 Å². The molecule has 3 heteroatoms. The molecule has 0 spiro atoms. The zero-order chi connectivity index (χ0) is 13.8. The Morgan fingerprint density at radius 1 is 1.28 bits per heavy atom. The minimum Gasteiger partial charge on any atom is -0.484 e. The van der Waals surface area contributed by atoms with Crippen LogP contribution in [0.5, 0.6) is 5.75 Å². The molecule has 1 atom stereocenters. The molecule has 0 radical (unpaired) electrons. The van der Waals surface area contributed by atoms with E-state index in [9.17, 15) is 0 Å². The summed E-state index contributed by atoms with van der Waals surface area (Å²) in [6, 6.07) is 6.23. The van der Waals surface area contributed by atoms with E-state index in [-0.39, 0.29) is 5.60 Å². The molecule has 0 bridgehead atoms. The Labute approximate surface area is 112 Å². The van der Waals surface area contributed by atoms with Gasteiger partial charge in [-0.05, 0) is 62.7 Å². The molecule has 0 aromatic heterocycles. The van der Waals surface area contributed by atoms with Gasteiger partial charge in [0.1, 0.15) is 11.4 Å². The summed E-state index contributed by atoms with van der Waals surface area (Å²) in [5.74, 6) is 0.980. The van der Waals surface area contributed by atoms with Crippen LogP contribution in [0, 0.1) is 6.92 Å². The fourth-order valence-corrected chi connectivity index (χ4v) is 2.15.